The van der Waals surface area contributed by atoms with Crippen molar-refractivity contribution in [2.24, 2.45) is 29.6 Å². The number of pyridine rings is 1. The van der Waals surface area contributed by atoms with Crippen LogP contribution in [0.4, 0.5) is 0 Å². The molecule has 1 aliphatic heterocycles. The number of nitrogens with zero attached hydrogens (tertiary/aromatic N) is 1. The van der Waals surface area contributed by atoms with E-state index in [0.717, 1.165) is 6.08 Å². The minimum absolute atomic E-state index is 0.0188. The summed E-state index contributed by atoms with van der Waals surface area (Å²) in [6, 6.07) is -0.993. The van der Waals surface area contributed by atoms with Crippen LogP contribution in [0.3, 0.4) is 0 Å². The Morgan fingerprint density at radius 3 is 1.60 bits per heavy atom. The lowest BCUT2D eigenvalue weighted by molar-refractivity contribution is -0.138. The zero-order valence-corrected chi connectivity index (χ0v) is 48.4. The van der Waals surface area contributed by atoms with Crippen LogP contribution in [-0.4, -0.2) is 132 Å². The molecular weight excluding hydrogens is 1030 g/mol. The van der Waals surface area contributed by atoms with Crippen LogP contribution in [0.5, 0.6) is 0 Å². The van der Waals surface area contributed by atoms with Gasteiger partial charge in [-0.1, -0.05) is 119 Å². The monoisotopic (exact) mass is 1110 g/mol. The fourth-order valence-electron chi connectivity index (χ4n) is 9.31. The number of benzene rings is 1. The van der Waals surface area contributed by atoms with E-state index in [9.17, 15) is 52.7 Å². The Balaban J connectivity index is 1.76. The van der Waals surface area contributed by atoms with Gasteiger partial charge < -0.3 is 53.2 Å². The third kappa shape index (κ3) is 17.7. The second-order valence-electron chi connectivity index (χ2n) is 21.9. The molecule has 4 rings (SSSR count). The molecule has 22 heteroatoms. The van der Waals surface area contributed by atoms with Gasteiger partial charge in [0.1, 0.15) is 48.3 Å². The molecular formula is C58H85N11O11. The molecule has 1 aromatic heterocycles. The van der Waals surface area contributed by atoms with Crippen molar-refractivity contribution in [1.82, 2.24) is 58.2 Å². The SMILES string of the molecule is CCC(C)C1NC(=O)C(CC(C)C)NC(=O)C(Cc2ccccc2)NC(=O)C(C(C)CC)NC(=O)C(CCCCNC(=O)c2cncc3c2C(=O)C=C(NC)C3=O)NC(=O)C(C(C)CC)NC(=O)C(C(C)C)NC(=O)C(C)NC1=O. The first-order valence-corrected chi connectivity index (χ1v) is 28.1. The van der Waals surface area contributed by atoms with Crippen molar-refractivity contribution in [3.8, 4) is 0 Å². The minimum Gasteiger partial charge on any atom is -0.385 e. The lowest BCUT2D eigenvalue weighted by Gasteiger charge is -2.32. The number of aromatic nitrogens is 1. The summed E-state index contributed by atoms with van der Waals surface area (Å²) in [4.78, 5) is 159. The molecule has 9 amide bonds. The number of fused-ring (bicyclic) bond motifs is 1. The summed E-state index contributed by atoms with van der Waals surface area (Å²) in [5.41, 5.74) is 0.528. The molecule has 2 aliphatic rings. The van der Waals surface area contributed by atoms with Gasteiger partial charge in [-0.15, -0.1) is 0 Å². The van der Waals surface area contributed by atoms with E-state index < -0.39 is 137 Å². The molecule has 1 aromatic carbocycles. The van der Waals surface area contributed by atoms with E-state index in [4.69, 9.17) is 0 Å². The highest BCUT2D eigenvalue weighted by Gasteiger charge is 2.39. The lowest BCUT2D eigenvalue weighted by Crippen LogP contribution is -2.63. The summed E-state index contributed by atoms with van der Waals surface area (Å²) in [5, 5.41) is 27.8. The Labute approximate surface area is 469 Å². The molecule has 0 spiro atoms. The van der Waals surface area contributed by atoms with Gasteiger partial charge >= 0.3 is 0 Å². The highest BCUT2D eigenvalue weighted by molar-refractivity contribution is 6.27. The van der Waals surface area contributed by atoms with Crippen molar-refractivity contribution >= 4 is 64.7 Å². The Bertz CT molecular complexity index is 2610. The summed E-state index contributed by atoms with van der Waals surface area (Å²) < 4.78 is 0. The fourth-order valence-corrected chi connectivity index (χ4v) is 9.31. The smallest absolute Gasteiger partial charge is 0.253 e. The van der Waals surface area contributed by atoms with Gasteiger partial charge in [0.15, 0.2) is 5.78 Å². The van der Waals surface area contributed by atoms with Crippen LogP contribution in [0.25, 0.3) is 0 Å². The Kier molecular flexibility index (Phi) is 25.0. The van der Waals surface area contributed by atoms with Gasteiger partial charge in [-0.2, -0.15) is 0 Å². The fraction of sp³-hybridized carbons (Fsp3) is 0.586. The van der Waals surface area contributed by atoms with Crippen molar-refractivity contribution in [1.29, 1.82) is 0 Å². The predicted octanol–water partition coefficient (Wildman–Crippen LogP) is 2.46. The normalized spacial score (nSPS) is 24.4. The summed E-state index contributed by atoms with van der Waals surface area (Å²) in [7, 11) is 1.50. The van der Waals surface area contributed by atoms with E-state index >= 15 is 0 Å². The summed E-state index contributed by atoms with van der Waals surface area (Å²) in [6.45, 7) is 19.3. The van der Waals surface area contributed by atoms with Crippen LogP contribution in [-0.2, 0) is 44.8 Å². The number of unbranched alkanes of at least 4 members (excludes halogenated alkanes) is 1. The number of amides is 9. The Morgan fingerprint density at radius 1 is 0.575 bits per heavy atom. The standard InChI is InChI=1S/C58H85N11O11/c1-13-32(8)46-56(78)62-35(11)50(72)66-45(31(6)7)55(77)69-48(34(10)15-3)57(79)63-39(23-19-20-24-61-51(73)38-29-60-28-37-44(38)43(70)27-40(59-12)49(37)71)52(74)67-47(33(9)14-2)58(80)65-42(26-36-21-17-16-18-22-36)53(75)64-41(25-30(4)5)54(76)68-46/h16-18,21-22,27-35,39,41-42,45-48,59H,13-15,19-20,23-26H2,1-12H3,(H,61,73)(H,62,78)(H,63,79)(H,64,75)(H,65,80)(H,66,72)(H,67,74)(H,68,76)(H,69,77). The Morgan fingerprint density at radius 2 is 1.06 bits per heavy atom. The molecule has 0 bridgehead atoms. The van der Waals surface area contributed by atoms with E-state index in [1.807, 2.05) is 34.6 Å². The maximum absolute atomic E-state index is 14.8. The van der Waals surface area contributed by atoms with Crippen molar-refractivity contribution in [2.45, 2.75) is 176 Å². The van der Waals surface area contributed by atoms with Crippen molar-refractivity contribution in [2.75, 3.05) is 13.6 Å². The van der Waals surface area contributed by atoms with Gasteiger partial charge in [0.25, 0.3) is 5.91 Å². The Hall–Kier alpha value is -7.52. The zero-order chi connectivity index (χ0) is 59.5. The van der Waals surface area contributed by atoms with E-state index in [1.165, 1.54) is 26.4 Å². The predicted molar refractivity (Wildman–Crippen MR) is 300 cm³/mol. The summed E-state index contributed by atoms with van der Waals surface area (Å²) in [5.74, 6) is -9.56. The summed E-state index contributed by atoms with van der Waals surface area (Å²) in [6.07, 6.45) is 5.29. The highest BCUT2D eigenvalue weighted by Crippen LogP contribution is 2.23. The first-order valence-electron chi connectivity index (χ1n) is 28.1. The number of Topliss-reactive ketones (excluding diaryl/α,β-unsaturated/α-hetero) is 1. The number of carbonyl (C=O) groups is 11. The van der Waals surface area contributed by atoms with Crippen molar-refractivity contribution in [3.63, 3.8) is 0 Å². The summed E-state index contributed by atoms with van der Waals surface area (Å²) >= 11 is 0. The maximum Gasteiger partial charge on any atom is 0.253 e. The number of carbonyl (C=O) groups excluding carboxylic acids is 11. The molecule has 438 valence electrons. The first kappa shape index (κ1) is 65.0. The van der Waals surface area contributed by atoms with Gasteiger partial charge in [-0.05, 0) is 67.8 Å². The molecule has 2 aromatic rings. The molecule has 80 heavy (non-hydrogen) atoms. The average Bonchev–Trinajstić information content (AvgIpc) is 3.43. The van der Waals surface area contributed by atoms with Crippen LogP contribution < -0.4 is 53.2 Å². The van der Waals surface area contributed by atoms with Crippen molar-refractivity contribution in [3.05, 3.63) is 76.8 Å². The molecule has 22 nitrogen and oxygen atoms in total. The highest BCUT2D eigenvalue weighted by atomic mass is 16.2. The minimum atomic E-state index is -1.34. The molecule has 1 saturated heterocycles. The van der Waals surface area contributed by atoms with Crippen LogP contribution in [0.15, 0.2) is 54.5 Å². The second-order valence-corrected chi connectivity index (χ2v) is 21.9. The van der Waals surface area contributed by atoms with Crippen LogP contribution >= 0.6 is 0 Å². The van der Waals surface area contributed by atoms with Crippen LogP contribution in [0, 0.1) is 29.6 Å². The molecule has 11 atom stereocenters. The molecule has 10 N–H and O–H groups in total. The second kappa shape index (κ2) is 30.7. The number of rotatable bonds is 18. The van der Waals surface area contributed by atoms with Gasteiger partial charge in [0.05, 0.1) is 16.8 Å². The van der Waals surface area contributed by atoms with Crippen LogP contribution in [0.2, 0.25) is 0 Å². The largest absolute Gasteiger partial charge is 0.385 e. The average molecular weight is 1110 g/mol. The molecule has 1 fully saturated rings. The zero-order valence-electron chi connectivity index (χ0n) is 48.4. The van der Waals surface area contributed by atoms with E-state index in [-0.39, 0.29) is 67.0 Å². The number of likely N-dealkylation sites (N-methyl/N-ethyl adjacent to an activating group) is 1. The van der Waals surface area contributed by atoms with E-state index in [0.29, 0.717) is 24.8 Å². The molecule has 2 heterocycles. The van der Waals surface area contributed by atoms with Gasteiger partial charge in [-0.25, -0.2) is 0 Å². The van der Waals surface area contributed by atoms with Gasteiger partial charge in [-0.3, -0.25) is 57.7 Å². The third-order valence-electron chi connectivity index (χ3n) is 14.9. The molecule has 1 aliphatic carbocycles. The van der Waals surface area contributed by atoms with Gasteiger partial charge in [0, 0.05) is 44.0 Å². The number of hydrogen-bond acceptors (Lipinski definition) is 13. The first-order chi connectivity index (χ1) is 37.9. The number of allylic oxidation sites excluding steroid dienone is 2. The van der Waals surface area contributed by atoms with Crippen LogP contribution in [0.1, 0.15) is 158 Å². The quantitative estimate of drug-likeness (QED) is 0.0961. The number of ketones is 2. The van der Waals surface area contributed by atoms with Crippen molar-refractivity contribution < 1.29 is 52.7 Å². The molecule has 0 radical (unpaired) electrons. The molecule has 0 saturated carbocycles. The maximum atomic E-state index is 14.8. The van der Waals surface area contributed by atoms with Gasteiger partial charge in [0.2, 0.25) is 53.0 Å². The number of hydrogen-bond donors (Lipinski definition) is 10. The van der Waals surface area contributed by atoms with E-state index in [1.54, 1.807) is 65.0 Å². The third-order valence-corrected chi connectivity index (χ3v) is 14.9. The molecule has 11 unspecified atom stereocenters. The lowest BCUT2D eigenvalue weighted by atomic mass is 9.90. The van der Waals surface area contributed by atoms with E-state index in [2.05, 4.69) is 58.2 Å². The number of nitrogens with one attached hydrogen (secondary N) is 10. The topological polar surface area (TPSA) is 321 Å².